The van der Waals surface area contributed by atoms with Gasteiger partial charge >= 0.3 is 0 Å². The van der Waals surface area contributed by atoms with E-state index < -0.39 is 9.85 Å². The molecular formula is C22H28N4O5. The molecule has 31 heavy (non-hydrogen) atoms. The minimum atomic E-state index is -0.517. The largest absolute Gasteiger partial charge is 0.345 e. The number of benzene rings is 2. The zero-order valence-electron chi connectivity index (χ0n) is 17.8. The van der Waals surface area contributed by atoms with E-state index in [1.807, 2.05) is 0 Å². The molecule has 0 aromatic heterocycles. The van der Waals surface area contributed by atoms with Gasteiger partial charge in [0.1, 0.15) is 0 Å². The molecular weight excluding hydrogens is 400 g/mol. The van der Waals surface area contributed by atoms with Gasteiger partial charge in [-0.2, -0.15) is 0 Å². The van der Waals surface area contributed by atoms with Crippen molar-refractivity contribution >= 4 is 17.3 Å². The van der Waals surface area contributed by atoms with E-state index in [0.717, 1.165) is 38.0 Å². The first-order chi connectivity index (χ1) is 14.8. The predicted molar refractivity (Wildman–Crippen MR) is 118 cm³/mol. The topological polar surface area (TPSA) is 119 Å². The number of carbonyl (C=O) groups is 1. The van der Waals surface area contributed by atoms with Crippen LogP contribution in [0.1, 0.15) is 55.1 Å². The van der Waals surface area contributed by atoms with Crippen LogP contribution in [0.25, 0.3) is 0 Å². The van der Waals surface area contributed by atoms with Crippen LogP contribution in [0.2, 0.25) is 0 Å². The second-order valence-corrected chi connectivity index (χ2v) is 7.20. The quantitative estimate of drug-likeness (QED) is 0.302. The fourth-order valence-electron chi connectivity index (χ4n) is 3.35. The summed E-state index contributed by atoms with van der Waals surface area (Å²) in [4.78, 5) is 35.8. The summed E-state index contributed by atoms with van der Waals surface area (Å²) in [5.74, 6) is -0.345. The first kappa shape index (κ1) is 23.9. The third-order valence-electron chi connectivity index (χ3n) is 5.26. The van der Waals surface area contributed by atoms with Gasteiger partial charge in [-0.3, -0.25) is 25.0 Å². The van der Waals surface area contributed by atoms with E-state index in [0.29, 0.717) is 12.0 Å². The molecule has 2 rings (SSSR count). The molecule has 0 aliphatic rings. The lowest BCUT2D eigenvalue weighted by Crippen LogP contribution is -2.29. The van der Waals surface area contributed by atoms with Crippen LogP contribution in [0.15, 0.2) is 48.5 Å². The molecule has 0 saturated carbocycles. The van der Waals surface area contributed by atoms with Crippen molar-refractivity contribution in [1.82, 2.24) is 10.2 Å². The van der Waals surface area contributed by atoms with E-state index in [4.69, 9.17) is 0 Å². The van der Waals surface area contributed by atoms with Crippen molar-refractivity contribution in [3.63, 3.8) is 0 Å². The number of nitro groups is 2. The van der Waals surface area contributed by atoms with Gasteiger partial charge in [-0.1, -0.05) is 26.0 Å². The minimum absolute atomic E-state index is 0.00858. The number of nitrogens with one attached hydrogen (secondary N) is 1. The Morgan fingerprint density at radius 2 is 1.42 bits per heavy atom. The van der Waals surface area contributed by atoms with Crippen LogP contribution < -0.4 is 5.32 Å². The van der Waals surface area contributed by atoms with Gasteiger partial charge in [0, 0.05) is 29.8 Å². The number of hydrogen-bond acceptors (Lipinski definition) is 6. The van der Waals surface area contributed by atoms with Crippen LogP contribution in [0.5, 0.6) is 0 Å². The molecule has 166 valence electrons. The first-order valence-electron chi connectivity index (χ1n) is 10.4. The Morgan fingerprint density at radius 1 is 0.903 bits per heavy atom. The molecule has 0 heterocycles. The van der Waals surface area contributed by atoms with Crippen molar-refractivity contribution in [2.24, 2.45) is 0 Å². The molecule has 9 heteroatoms. The highest BCUT2D eigenvalue weighted by Crippen LogP contribution is 2.23. The highest BCUT2D eigenvalue weighted by atomic mass is 16.6. The average molecular weight is 428 g/mol. The number of unbranched alkanes of at least 4 members (excludes halogenated alkanes) is 1. The summed E-state index contributed by atoms with van der Waals surface area (Å²) in [7, 11) is 0. The molecule has 1 unspecified atom stereocenters. The maximum Gasteiger partial charge on any atom is 0.269 e. The molecule has 2 aromatic rings. The van der Waals surface area contributed by atoms with Gasteiger partial charge < -0.3 is 10.2 Å². The van der Waals surface area contributed by atoms with Gasteiger partial charge in [-0.05, 0) is 56.6 Å². The number of nitro benzene ring substituents is 2. The van der Waals surface area contributed by atoms with Crippen molar-refractivity contribution in [2.75, 3.05) is 19.6 Å². The standard InChI is InChI=1S/C22H28N4O5/c1-3-24(4-2)16-6-5-7-21(17-8-12-19(13-9-17)25(28)29)23-22(27)18-10-14-20(15-11-18)26(30)31/h8-15,21H,3-7,16H2,1-2H3,(H,23,27). The molecule has 0 bridgehead atoms. The summed E-state index contributed by atoms with van der Waals surface area (Å²) in [5.41, 5.74) is 1.01. The van der Waals surface area contributed by atoms with E-state index in [9.17, 15) is 25.0 Å². The fraction of sp³-hybridized carbons (Fsp3) is 0.409. The van der Waals surface area contributed by atoms with E-state index in [1.54, 1.807) is 12.1 Å². The van der Waals surface area contributed by atoms with Crippen molar-refractivity contribution in [1.29, 1.82) is 0 Å². The highest BCUT2D eigenvalue weighted by Gasteiger charge is 2.18. The lowest BCUT2D eigenvalue weighted by molar-refractivity contribution is -0.385. The maximum atomic E-state index is 12.7. The minimum Gasteiger partial charge on any atom is -0.345 e. The van der Waals surface area contributed by atoms with Gasteiger partial charge in [0.25, 0.3) is 17.3 Å². The molecule has 1 amide bonds. The number of hydrogen-bond donors (Lipinski definition) is 1. The molecule has 2 aromatic carbocycles. The number of non-ortho nitro benzene ring substituents is 2. The molecule has 0 fully saturated rings. The Kier molecular flexibility index (Phi) is 9.08. The Bertz CT molecular complexity index is 880. The second-order valence-electron chi connectivity index (χ2n) is 7.20. The molecule has 0 radical (unpaired) electrons. The van der Waals surface area contributed by atoms with Crippen LogP contribution in [0.3, 0.4) is 0 Å². The van der Waals surface area contributed by atoms with Gasteiger partial charge in [0.05, 0.1) is 15.9 Å². The maximum absolute atomic E-state index is 12.7. The molecule has 0 spiro atoms. The van der Waals surface area contributed by atoms with Gasteiger partial charge in [0.2, 0.25) is 0 Å². The molecule has 0 saturated heterocycles. The summed E-state index contributed by atoms with van der Waals surface area (Å²) in [5, 5.41) is 24.7. The van der Waals surface area contributed by atoms with Crippen LogP contribution in [-0.4, -0.2) is 40.3 Å². The monoisotopic (exact) mass is 428 g/mol. The van der Waals surface area contributed by atoms with E-state index in [-0.39, 0.29) is 23.3 Å². The Morgan fingerprint density at radius 3 is 1.90 bits per heavy atom. The summed E-state index contributed by atoms with van der Waals surface area (Å²) in [6, 6.07) is 11.3. The number of nitrogens with zero attached hydrogens (tertiary/aromatic N) is 3. The average Bonchev–Trinajstić information content (AvgIpc) is 2.78. The highest BCUT2D eigenvalue weighted by molar-refractivity contribution is 5.94. The van der Waals surface area contributed by atoms with Gasteiger partial charge in [0.15, 0.2) is 0 Å². The third kappa shape index (κ3) is 7.14. The smallest absolute Gasteiger partial charge is 0.269 e. The van der Waals surface area contributed by atoms with Gasteiger partial charge in [-0.25, -0.2) is 0 Å². The van der Waals surface area contributed by atoms with E-state index in [1.165, 1.54) is 36.4 Å². The number of carbonyl (C=O) groups excluding carboxylic acids is 1. The lowest BCUT2D eigenvalue weighted by Gasteiger charge is -2.21. The Hall–Kier alpha value is -3.33. The number of amides is 1. The first-order valence-corrected chi connectivity index (χ1v) is 10.4. The van der Waals surface area contributed by atoms with Crippen molar-refractivity contribution in [3.05, 3.63) is 79.9 Å². The SMILES string of the molecule is CCN(CC)CCCCC(NC(=O)c1ccc([N+](=O)[O-])cc1)c1ccc([N+](=O)[O-])cc1. The van der Waals surface area contributed by atoms with Crippen molar-refractivity contribution in [3.8, 4) is 0 Å². The molecule has 1 N–H and O–H groups in total. The van der Waals surface area contributed by atoms with Gasteiger partial charge in [-0.15, -0.1) is 0 Å². The predicted octanol–water partition coefficient (Wildman–Crippen LogP) is 4.49. The molecule has 0 aliphatic carbocycles. The van der Waals surface area contributed by atoms with E-state index in [2.05, 4.69) is 24.1 Å². The molecule has 9 nitrogen and oxygen atoms in total. The summed E-state index contributed by atoms with van der Waals surface area (Å²) >= 11 is 0. The zero-order chi connectivity index (χ0) is 22.8. The third-order valence-corrected chi connectivity index (χ3v) is 5.26. The van der Waals surface area contributed by atoms with Crippen LogP contribution in [-0.2, 0) is 0 Å². The summed E-state index contributed by atoms with van der Waals surface area (Å²) in [6.45, 7) is 7.18. The van der Waals surface area contributed by atoms with Crippen LogP contribution in [0.4, 0.5) is 11.4 Å². The second kappa shape index (κ2) is 11.8. The lowest BCUT2D eigenvalue weighted by atomic mass is 9.99. The summed E-state index contributed by atoms with van der Waals surface area (Å²) in [6.07, 6.45) is 2.52. The van der Waals surface area contributed by atoms with Crippen LogP contribution in [0, 0.1) is 20.2 Å². The number of rotatable bonds is 12. The zero-order valence-corrected chi connectivity index (χ0v) is 17.8. The molecule has 1 atom stereocenters. The molecule has 0 aliphatic heterocycles. The Labute approximate surface area is 181 Å². The Balaban J connectivity index is 2.11. The summed E-state index contributed by atoms with van der Waals surface area (Å²) < 4.78 is 0. The van der Waals surface area contributed by atoms with Crippen molar-refractivity contribution < 1.29 is 14.6 Å². The van der Waals surface area contributed by atoms with Crippen molar-refractivity contribution in [2.45, 2.75) is 39.2 Å². The fourth-order valence-corrected chi connectivity index (χ4v) is 3.35. The van der Waals surface area contributed by atoms with E-state index >= 15 is 0 Å². The normalized spacial score (nSPS) is 11.8. The van der Waals surface area contributed by atoms with Crippen LogP contribution >= 0.6 is 0 Å².